The number of amides is 2. The van der Waals surface area contributed by atoms with E-state index in [0.717, 1.165) is 20.9 Å². The summed E-state index contributed by atoms with van der Waals surface area (Å²) in [6.45, 7) is 0. The maximum absolute atomic E-state index is 13.0. The average molecular weight is 468 g/mol. The highest BCUT2D eigenvalue weighted by atomic mass is 79.9. The Bertz CT molecular complexity index is 1150. The molecular weight excluding hydrogens is 450 g/mol. The second-order valence-corrected chi connectivity index (χ2v) is 8.43. The van der Waals surface area contributed by atoms with Crippen molar-refractivity contribution >= 4 is 55.7 Å². The molecule has 4 aromatic rings. The van der Waals surface area contributed by atoms with E-state index in [0.29, 0.717) is 17.0 Å². The molecule has 146 valence electrons. The Labute approximate surface area is 180 Å². The quantitative estimate of drug-likeness (QED) is 0.374. The molecule has 0 fully saturated rings. The predicted octanol–water partition coefficient (Wildman–Crippen LogP) is 4.97. The smallest absolute Gasteiger partial charge is 0.262 e. The third-order valence-electron chi connectivity index (χ3n) is 4.56. The lowest BCUT2D eigenvalue weighted by atomic mass is 10.0. The number of thiophene rings is 1. The number of carbonyl (C=O) groups excluding carboxylic acids is 2. The summed E-state index contributed by atoms with van der Waals surface area (Å²) >= 11 is 4.75. The molecule has 2 aromatic heterocycles. The summed E-state index contributed by atoms with van der Waals surface area (Å²) in [4.78, 5) is 29.5. The van der Waals surface area contributed by atoms with Crippen molar-refractivity contribution in [1.29, 1.82) is 0 Å². The van der Waals surface area contributed by atoms with Gasteiger partial charge < -0.3 is 15.6 Å². The van der Waals surface area contributed by atoms with E-state index in [1.807, 2.05) is 66.2 Å². The van der Waals surface area contributed by atoms with Gasteiger partial charge >= 0.3 is 0 Å². The molecule has 1 atom stereocenters. The zero-order chi connectivity index (χ0) is 20.2. The molecule has 0 bridgehead atoms. The number of rotatable bonds is 6. The van der Waals surface area contributed by atoms with Crippen LogP contribution in [0.4, 0.5) is 5.69 Å². The van der Waals surface area contributed by atoms with Gasteiger partial charge in [0.2, 0.25) is 5.91 Å². The van der Waals surface area contributed by atoms with Crippen LogP contribution in [0.3, 0.4) is 0 Å². The first-order valence-corrected chi connectivity index (χ1v) is 10.7. The van der Waals surface area contributed by atoms with Crippen molar-refractivity contribution in [2.24, 2.45) is 0 Å². The number of nitrogens with one attached hydrogen (secondary N) is 3. The number of H-pyrrole nitrogens is 1. The molecule has 3 N–H and O–H groups in total. The summed E-state index contributed by atoms with van der Waals surface area (Å²) in [6, 6.07) is 18.1. The SMILES string of the molecule is O=C(NC(Cc1c[nH]c2ccccc12)C(=O)Nc1cccc(Br)c1)c1cccs1. The van der Waals surface area contributed by atoms with Crippen LogP contribution in [0.25, 0.3) is 10.9 Å². The summed E-state index contributed by atoms with van der Waals surface area (Å²) < 4.78 is 0.867. The fourth-order valence-corrected chi connectivity index (χ4v) is 4.19. The van der Waals surface area contributed by atoms with Crippen molar-refractivity contribution < 1.29 is 9.59 Å². The number of para-hydroxylation sites is 1. The lowest BCUT2D eigenvalue weighted by Gasteiger charge is -2.18. The van der Waals surface area contributed by atoms with Crippen LogP contribution in [-0.4, -0.2) is 22.8 Å². The highest BCUT2D eigenvalue weighted by Crippen LogP contribution is 2.21. The first kappa shape index (κ1) is 19.4. The van der Waals surface area contributed by atoms with E-state index in [9.17, 15) is 9.59 Å². The lowest BCUT2D eigenvalue weighted by Crippen LogP contribution is -2.45. The van der Waals surface area contributed by atoms with Crippen LogP contribution >= 0.6 is 27.3 Å². The zero-order valence-electron chi connectivity index (χ0n) is 15.3. The summed E-state index contributed by atoms with van der Waals surface area (Å²) in [7, 11) is 0. The number of carbonyl (C=O) groups is 2. The number of aromatic amines is 1. The van der Waals surface area contributed by atoms with Crippen molar-refractivity contribution in [3.8, 4) is 0 Å². The number of aromatic nitrogens is 1. The molecule has 29 heavy (non-hydrogen) atoms. The van der Waals surface area contributed by atoms with Crippen LogP contribution in [-0.2, 0) is 11.2 Å². The van der Waals surface area contributed by atoms with Crippen molar-refractivity contribution in [2.75, 3.05) is 5.32 Å². The van der Waals surface area contributed by atoms with E-state index < -0.39 is 6.04 Å². The predicted molar refractivity (Wildman–Crippen MR) is 120 cm³/mol. The molecule has 7 heteroatoms. The lowest BCUT2D eigenvalue weighted by molar-refractivity contribution is -0.118. The van der Waals surface area contributed by atoms with Crippen LogP contribution in [0.1, 0.15) is 15.2 Å². The fourth-order valence-electron chi connectivity index (χ4n) is 3.16. The molecule has 4 rings (SSSR count). The second kappa shape index (κ2) is 8.63. The van der Waals surface area contributed by atoms with Gasteiger partial charge in [-0.25, -0.2) is 0 Å². The number of benzene rings is 2. The van der Waals surface area contributed by atoms with Gasteiger partial charge in [-0.2, -0.15) is 0 Å². The summed E-state index contributed by atoms with van der Waals surface area (Å²) in [6.07, 6.45) is 2.27. The highest BCUT2D eigenvalue weighted by molar-refractivity contribution is 9.10. The zero-order valence-corrected chi connectivity index (χ0v) is 17.7. The van der Waals surface area contributed by atoms with Crippen LogP contribution in [0.15, 0.2) is 76.7 Å². The number of halogens is 1. The first-order valence-electron chi connectivity index (χ1n) is 9.06. The maximum Gasteiger partial charge on any atom is 0.262 e. The van der Waals surface area contributed by atoms with E-state index in [4.69, 9.17) is 0 Å². The Morgan fingerprint density at radius 2 is 1.93 bits per heavy atom. The monoisotopic (exact) mass is 467 g/mol. The van der Waals surface area contributed by atoms with E-state index in [-0.39, 0.29) is 11.8 Å². The number of anilines is 1. The summed E-state index contributed by atoms with van der Waals surface area (Å²) in [5.41, 5.74) is 2.64. The molecule has 0 aliphatic rings. The molecule has 0 aliphatic carbocycles. The third kappa shape index (κ3) is 4.58. The molecular formula is C22H18BrN3O2S. The van der Waals surface area contributed by atoms with E-state index in [1.165, 1.54) is 11.3 Å². The van der Waals surface area contributed by atoms with Crippen molar-refractivity contribution in [1.82, 2.24) is 10.3 Å². The minimum atomic E-state index is -0.720. The van der Waals surface area contributed by atoms with Crippen LogP contribution in [0.2, 0.25) is 0 Å². The molecule has 0 spiro atoms. The number of hydrogen-bond donors (Lipinski definition) is 3. The Morgan fingerprint density at radius 3 is 2.72 bits per heavy atom. The van der Waals surface area contributed by atoms with Crippen LogP contribution < -0.4 is 10.6 Å². The van der Waals surface area contributed by atoms with Crippen molar-refractivity contribution in [2.45, 2.75) is 12.5 Å². The second-order valence-electron chi connectivity index (χ2n) is 6.57. The largest absolute Gasteiger partial charge is 0.361 e. The Balaban J connectivity index is 1.59. The van der Waals surface area contributed by atoms with Gasteiger partial charge in [0.05, 0.1) is 4.88 Å². The van der Waals surface area contributed by atoms with Gasteiger partial charge in [-0.1, -0.05) is 46.3 Å². The standard InChI is InChI=1S/C22H18BrN3O2S/c23-15-5-3-6-16(12-15)25-21(27)19(26-22(28)20-9-4-10-29-20)11-14-13-24-18-8-2-1-7-17(14)18/h1-10,12-13,19,24H,11H2,(H,25,27)(H,26,28). The Morgan fingerprint density at radius 1 is 1.07 bits per heavy atom. The summed E-state index contributed by atoms with van der Waals surface area (Å²) in [5, 5.41) is 8.67. The summed E-state index contributed by atoms with van der Waals surface area (Å²) in [5.74, 6) is -0.521. The highest BCUT2D eigenvalue weighted by Gasteiger charge is 2.24. The van der Waals surface area contributed by atoms with Crippen LogP contribution in [0, 0.1) is 0 Å². The van der Waals surface area contributed by atoms with Gasteiger partial charge in [0.1, 0.15) is 6.04 Å². The first-order chi connectivity index (χ1) is 14.1. The van der Waals surface area contributed by atoms with Crippen LogP contribution in [0.5, 0.6) is 0 Å². The fraction of sp³-hybridized carbons (Fsp3) is 0.0909. The minimum Gasteiger partial charge on any atom is -0.361 e. The van der Waals surface area contributed by atoms with Gasteiger partial charge in [0.25, 0.3) is 5.91 Å². The van der Waals surface area contributed by atoms with E-state index in [2.05, 4.69) is 31.5 Å². The van der Waals surface area contributed by atoms with Crippen molar-refractivity contribution in [3.63, 3.8) is 0 Å². The molecule has 0 saturated heterocycles. The topological polar surface area (TPSA) is 74.0 Å². The average Bonchev–Trinajstić information content (AvgIpc) is 3.38. The normalized spacial score (nSPS) is 11.9. The van der Waals surface area contributed by atoms with Gasteiger partial charge in [-0.3, -0.25) is 9.59 Å². The van der Waals surface area contributed by atoms with E-state index in [1.54, 1.807) is 6.07 Å². The molecule has 2 aromatic carbocycles. The molecule has 0 saturated carbocycles. The molecule has 5 nitrogen and oxygen atoms in total. The Hall–Kier alpha value is -2.90. The molecule has 2 heterocycles. The molecule has 2 amide bonds. The third-order valence-corrected chi connectivity index (χ3v) is 5.92. The van der Waals surface area contributed by atoms with E-state index >= 15 is 0 Å². The van der Waals surface area contributed by atoms with Gasteiger partial charge in [0.15, 0.2) is 0 Å². The minimum absolute atomic E-state index is 0.255. The molecule has 0 radical (unpaired) electrons. The molecule has 1 unspecified atom stereocenters. The van der Waals surface area contributed by atoms with Gasteiger partial charge in [-0.15, -0.1) is 11.3 Å². The van der Waals surface area contributed by atoms with Gasteiger partial charge in [-0.05, 0) is 41.3 Å². The Kier molecular flexibility index (Phi) is 5.78. The van der Waals surface area contributed by atoms with Crippen molar-refractivity contribution in [3.05, 3.63) is 87.2 Å². The van der Waals surface area contributed by atoms with Gasteiger partial charge in [0, 0.05) is 33.7 Å². The molecule has 0 aliphatic heterocycles. The maximum atomic E-state index is 13.0. The number of hydrogen-bond acceptors (Lipinski definition) is 3. The number of fused-ring (bicyclic) bond motifs is 1.